The molecule has 0 bridgehead atoms. The minimum atomic E-state index is -0.234. The second-order valence-electron chi connectivity index (χ2n) is 6.23. The maximum absolute atomic E-state index is 12.4. The molecule has 1 fully saturated rings. The summed E-state index contributed by atoms with van der Waals surface area (Å²) in [5.41, 5.74) is 1.58. The van der Waals surface area contributed by atoms with Gasteiger partial charge >= 0.3 is 0 Å². The van der Waals surface area contributed by atoms with Gasteiger partial charge in [0.1, 0.15) is 5.52 Å². The lowest BCUT2D eigenvalue weighted by atomic mass is 9.78. The van der Waals surface area contributed by atoms with Gasteiger partial charge in [-0.05, 0) is 25.0 Å². The van der Waals surface area contributed by atoms with E-state index in [-0.39, 0.29) is 23.7 Å². The molecule has 1 aromatic carbocycles. The molecule has 2 atom stereocenters. The third kappa shape index (κ3) is 3.58. The summed E-state index contributed by atoms with van der Waals surface area (Å²) in [6.07, 6.45) is 4.09. The van der Waals surface area contributed by atoms with E-state index in [0.717, 1.165) is 36.8 Å². The van der Waals surface area contributed by atoms with E-state index in [2.05, 4.69) is 15.6 Å². The topological polar surface area (TPSA) is 84.2 Å². The number of hydrogen-bond donors (Lipinski definition) is 2. The van der Waals surface area contributed by atoms with Crippen molar-refractivity contribution in [3.8, 4) is 0 Å². The van der Waals surface area contributed by atoms with Gasteiger partial charge in [0.05, 0.1) is 0 Å². The second kappa shape index (κ2) is 7.47. The molecule has 0 aliphatic heterocycles. The van der Waals surface area contributed by atoms with Crippen LogP contribution in [0.5, 0.6) is 0 Å². The Morgan fingerprint density at radius 2 is 1.88 bits per heavy atom. The fourth-order valence-corrected chi connectivity index (χ4v) is 3.39. The predicted molar refractivity (Wildman–Crippen MR) is 90.2 cm³/mol. The van der Waals surface area contributed by atoms with Crippen molar-refractivity contribution in [1.82, 2.24) is 15.6 Å². The molecule has 0 spiro atoms. The van der Waals surface area contributed by atoms with Crippen molar-refractivity contribution < 1.29 is 14.0 Å². The molecule has 0 radical (unpaired) electrons. The van der Waals surface area contributed by atoms with Gasteiger partial charge in [-0.2, -0.15) is 0 Å². The summed E-state index contributed by atoms with van der Waals surface area (Å²) in [6.45, 7) is 0.461. The molecule has 0 unspecified atom stereocenters. The Morgan fingerprint density at radius 1 is 1.17 bits per heavy atom. The molecule has 2 N–H and O–H groups in total. The lowest BCUT2D eigenvalue weighted by molar-refractivity contribution is -0.136. The van der Waals surface area contributed by atoms with Gasteiger partial charge < -0.3 is 15.1 Å². The molecule has 128 valence electrons. The summed E-state index contributed by atoms with van der Waals surface area (Å²) in [4.78, 5) is 28.8. The second-order valence-corrected chi connectivity index (χ2v) is 6.23. The summed E-state index contributed by atoms with van der Waals surface area (Å²) >= 11 is 0. The Hall–Kier alpha value is -2.37. The summed E-state index contributed by atoms with van der Waals surface area (Å²) in [7, 11) is 1.62. The van der Waals surface area contributed by atoms with Gasteiger partial charge in [-0.3, -0.25) is 9.59 Å². The third-order valence-electron chi connectivity index (χ3n) is 4.66. The fourth-order valence-electron chi connectivity index (χ4n) is 3.39. The number of rotatable bonds is 5. The maximum atomic E-state index is 12.4. The van der Waals surface area contributed by atoms with E-state index in [1.807, 2.05) is 24.3 Å². The van der Waals surface area contributed by atoms with Crippen LogP contribution in [0.3, 0.4) is 0 Å². The number of carbonyl (C=O) groups excluding carboxylic acids is 2. The van der Waals surface area contributed by atoms with Gasteiger partial charge in [-0.1, -0.05) is 25.0 Å². The molecule has 1 heterocycles. The van der Waals surface area contributed by atoms with Crippen molar-refractivity contribution in [2.75, 3.05) is 13.6 Å². The molecule has 6 heteroatoms. The summed E-state index contributed by atoms with van der Waals surface area (Å²) in [5.74, 6) is 0.0895. The number of carbonyl (C=O) groups is 2. The molecule has 0 saturated heterocycles. The molecule has 2 aromatic rings. The first-order valence-electron chi connectivity index (χ1n) is 8.53. The minimum absolute atomic E-state index is 0.0335. The predicted octanol–water partition coefficient (Wildman–Crippen LogP) is 2.04. The van der Waals surface area contributed by atoms with E-state index in [0.29, 0.717) is 18.9 Å². The highest BCUT2D eigenvalue weighted by Gasteiger charge is 2.35. The Morgan fingerprint density at radius 3 is 2.58 bits per heavy atom. The van der Waals surface area contributed by atoms with Crippen LogP contribution in [0.1, 0.15) is 31.6 Å². The van der Waals surface area contributed by atoms with Crippen LogP contribution in [-0.4, -0.2) is 30.4 Å². The van der Waals surface area contributed by atoms with Crippen LogP contribution >= 0.6 is 0 Å². The number of aromatic nitrogens is 1. The quantitative estimate of drug-likeness (QED) is 0.879. The molecule has 1 aliphatic carbocycles. The minimum Gasteiger partial charge on any atom is -0.441 e. The Balaban J connectivity index is 1.55. The first-order chi connectivity index (χ1) is 11.7. The molecule has 24 heavy (non-hydrogen) atoms. The molecule has 3 rings (SSSR count). The fraction of sp³-hybridized carbons (Fsp3) is 0.500. The Bertz CT molecular complexity index is 692. The number of fused-ring (bicyclic) bond motifs is 1. The summed E-state index contributed by atoms with van der Waals surface area (Å²) < 4.78 is 5.65. The molecule has 2 amide bonds. The van der Waals surface area contributed by atoms with Crippen molar-refractivity contribution in [2.24, 2.45) is 11.8 Å². The van der Waals surface area contributed by atoms with Crippen LogP contribution < -0.4 is 10.6 Å². The number of benzene rings is 1. The van der Waals surface area contributed by atoms with Crippen LogP contribution in [0.4, 0.5) is 0 Å². The van der Waals surface area contributed by atoms with Crippen LogP contribution in [0.15, 0.2) is 28.7 Å². The van der Waals surface area contributed by atoms with E-state index in [4.69, 9.17) is 4.42 Å². The molecular formula is C18H23N3O3. The number of para-hydroxylation sites is 2. The van der Waals surface area contributed by atoms with Gasteiger partial charge in [0.2, 0.25) is 11.8 Å². The number of oxazole rings is 1. The van der Waals surface area contributed by atoms with Gasteiger partial charge in [-0.25, -0.2) is 4.98 Å². The highest BCUT2D eigenvalue weighted by molar-refractivity contribution is 5.87. The van der Waals surface area contributed by atoms with Crippen LogP contribution in [0.2, 0.25) is 0 Å². The SMILES string of the molecule is CNC(=O)[C@@H]1CCCC[C@@H]1C(=O)NCCc1nc2ccccc2o1. The largest absolute Gasteiger partial charge is 0.441 e. The average molecular weight is 329 g/mol. The number of amides is 2. The molecule has 1 saturated carbocycles. The normalized spacial score (nSPS) is 20.7. The molecule has 6 nitrogen and oxygen atoms in total. The van der Waals surface area contributed by atoms with Crippen molar-refractivity contribution in [1.29, 1.82) is 0 Å². The van der Waals surface area contributed by atoms with E-state index < -0.39 is 0 Å². The first kappa shape index (κ1) is 16.5. The van der Waals surface area contributed by atoms with E-state index in [1.54, 1.807) is 7.05 Å². The van der Waals surface area contributed by atoms with Gasteiger partial charge in [0.25, 0.3) is 0 Å². The maximum Gasteiger partial charge on any atom is 0.223 e. The van der Waals surface area contributed by atoms with Crippen molar-refractivity contribution in [2.45, 2.75) is 32.1 Å². The Labute approximate surface area is 141 Å². The monoisotopic (exact) mass is 329 g/mol. The van der Waals surface area contributed by atoms with Gasteiger partial charge in [-0.15, -0.1) is 0 Å². The number of nitrogens with one attached hydrogen (secondary N) is 2. The zero-order chi connectivity index (χ0) is 16.9. The Kier molecular flexibility index (Phi) is 5.13. The average Bonchev–Trinajstić information content (AvgIpc) is 3.03. The lowest BCUT2D eigenvalue weighted by Gasteiger charge is -2.29. The lowest BCUT2D eigenvalue weighted by Crippen LogP contribution is -2.43. The number of nitrogens with zero attached hydrogens (tertiary/aromatic N) is 1. The highest BCUT2D eigenvalue weighted by Crippen LogP contribution is 2.30. The van der Waals surface area contributed by atoms with Gasteiger partial charge in [0.15, 0.2) is 11.5 Å². The number of hydrogen-bond acceptors (Lipinski definition) is 4. The standard InChI is InChI=1S/C18H23N3O3/c1-19-17(22)12-6-2-3-7-13(12)18(23)20-11-10-16-21-14-8-4-5-9-15(14)24-16/h4-5,8-9,12-13H,2-3,6-7,10-11H2,1H3,(H,19,22)(H,20,23)/t12-,13+/m1/s1. The van der Waals surface area contributed by atoms with Crippen LogP contribution in [0, 0.1) is 11.8 Å². The molecule has 1 aromatic heterocycles. The smallest absolute Gasteiger partial charge is 0.223 e. The summed E-state index contributed by atoms with van der Waals surface area (Å²) in [5, 5.41) is 5.61. The van der Waals surface area contributed by atoms with E-state index in [1.165, 1.54) is 0 Å². The van der Waals surface area contributed by atoms with Crippen molar-refractivity contribution >= 4 is 22.9 Å². The van der Waals surface area contributed by atoms with Gasteiger partial charge in [0, 0.05) is 31.8 Å². The van der Waals surface area contributed by atoms with E-state index in [9.17, 15) is 9.59 Å². The first-order valence-corrected chi connectivity index (χ1v) is 8.53. The molecular weight excluding hydrogens is 306 g/mol. The van der Waals surface area contributed by atoms with Crippen LogP contribution in [0.25, 0.3) is 11.1 Å². The third-order valence-corrected chi connectivity index (χ3v) is 4.66. The molecule has 1 aliphatic rings. The summed E-state index contributed by atoms with van der Waals surface area (Å²) in [6, 6.07) is 7.59. The highest BCUT2D eigenvalue weighted by atomic mass is 16.3. The zero-order valence-electron chi connectivity index (χ0n) is 13.9. The van der Waals surface area contributed by atoms with Crippen molar-refractivity contribution in [3.05, 3.63) is 30.2 Å². The van der Waals surface area contributed by atoms with E-state index >= 15 is 0 Å². The van der Waals surface area contributed by atoms with Crippen LogP contribution in [-0.2, 0) is 16.0 Å². The zero-order valence-corrected chi connectivity index (χ0v) is 13.9. The van der Waals surface area contributed by atoms with Crippen molar-refractivity contribution in [3.63, 3.8) is 0 Å².